The van der Waals surface area contributed by atoms with Gasteiger partial charge in [0.2, 0.25) is 0 Å². The number of ether oxygens (including phenoxy) is 1. The van der Waals surface area contributed by atoms with Crippen molar-refractivity contribution in [3.8, 4) is 0 Å². The molecule has 0 spiro atoms. The minimum atomic E-state index is -0.436. The second-order valence-corrected chi connectivity index (χ2v) is 2.13. The van der Waals surface area contributed by atoms with Crippen molar-refractivity contribution in [1.29, 1.82) is 0 Å². The van der Waals surface area contributed by atoms with Crippen LogP contribution in [-0.4, -0.2) is 6.61 Å². The fourth-order valence-corrected chi connectivity index (χ4v) is 0.642. The highest BCUT2D eigenvalue weighted by atomic mass is 16.6. The van der Waals surface area contributed by atoms with Crippen LogP contribution >= 0.6 is 0 Å². The predicted octanol–water partition coefficient (Wildman–Crippen LogP) is 1.23. The molecule has 0 rings (SSSR count). The van der Waals surface area contributed by atoms with Crippen molar-refractivity contribution in [2.24, 2.45) is 0 Å². The van der Waals surface area contributed by atoms with Crippen molar-refractivity contribution in [2.45, 2.75) is 25.7 Å². The van der Waals surface area contributed by atoms with Crippen molar-refractivity contribution < 1.29 is 9.84 Å². The van der Waals surface area contributed by atoms with Crippen molar-refractivity contribution >= 4 is 0 Å². The molecule has 0 atom stereocenters. The van der Waals surface area contributed by atoms with E-state index < -0.39 is 5.95 Å². The van der Waals surface area contributed by atoms with E-state index in [0.29, 0.717) is 6.61 Å². The van der Waals surface area contributed by atoms with Gasteiger partial charge in [0.15, 0.2) is 0 Å². The lowest BCUT2D eigenvalue weighted by Crippen LogP contribution is -2.06. The normalized spacial score (nSPS) is 9.20. The maximum Gasteiger partial charge on any atom is 0.0850 e. The third-order valence-electron chi connectivity index (χ3n) is 1.16. The van der Waals surface area contributed by atoms with Gasteiger partial charge in [-0.15, -0.1) is 0 Å². The minimum absolute atomic E-state index is 0.436. The highest BCUT2D eigenvalue weighted by Gasteiger charge is 1.85. The van der Waals surface area contributed by atoms with Crippen molar-refractivity contribution in [2.75, 3.05) is 6.61 Å². The summed E-state index contributed by atoms with van der Waals surface area (Å²) in [6, 6.07) is 0. The molecule has 0 amide bonds. The fourth-order valence-electron chi connectivity index (χ4n) is 0.642. The number of hydrogen-bond acceptors (Lipinski definition) is 2. The van der Waals surface area contributed by atoms with Crippen LogP contribution in [0.4, 0.5) is 0 Å². The highest BCUT2D eigenvalue weighted by Crippen LogP contribution is 1.98. The summed E-state index contributed by atoms with van der Waals surface area (Å²) in [5, 5.41) is 10.1. The van der Waals surface area contributed by atoms with E-state index in [1.807, 2.05) is 0 Å². The van der Waals surface area contributed by atoms with Crippen LogP contribution in [0.25, 0.3) is 0 Å². The number of rotatable bonds is 6. The molecule has 0 aromatic carbocycles. The molecule has 0 unspecified atom stereocenters. The molecular formula is C8H14O2. The van der Waals surface area contributed by atoms with Gasteiger partial charge in [-0.05, 0) is 25.9 Å². The summed E-state index contributed by atoms with van der Waals surface area (Å²) < 4.78 is 4.62. The zero-order valence-corrected chi connectivity index (χ0v) is 6.27. The van der Waals surface area contributed by atoms with Gasteiger partial charge in [-0.25, -0.2) is 0 Å². The summed E-state index contributed by atoms with van der Waals surface area (Å²) in [6.07, 6.45) is 4.07. The average Bonchev–Trinajstić information content (AvgIpc) is 1.87. The molecule has 0 saturated carbocycles. The van der Waals surface area contributed by atoms with Crippen molar-refractivity contribution in [1.82, 2.24) is 0 Å². The third-order valence-corrected chi connectivity index (χ3v) is 1.16. The molecule has 0 heterocycles. The molecule has 0 radical (unpaired) electrons. The van der Waals surface area contributed by atoms with Gasteiger partial charge in [0, 0.05) is 5.95 Å². The van der Waals surface area contributed by atoms with Crippen LogP contribution < -0.4 is 5.11 Å². The molecule has 0 N–H and O–H groups in total. The van der Waals surface area contributed by atoms with Crippen LogP contribution in [0.15, 0.2) is 12.5 Å². The van der Waals surface area contributed by atoms with E-state index in [2.05, 4.69) is 18.2 Å². The maximum atomic E-state index is 10.1. The second kappa shape index (κ2) is 6.33. The molecule has 0 bridgehead atoms. The second-order valence-electron chi connectivity index (χ2n) is 2.13. The third kappa shape index (κ3) is 7.21. The SMILES string of the molecule is C=C([O-])OCCCCC[CH2+]. The van der Waals surface area contributed by atoms with E-state index in [0.717, 1.165) is 25.7 Å². The summed E-state index contributed by atoms with van der Waals surface area (Å²) in [5.74, 6) is -0.436. The van der Waals surface area contributed by atoms with Crippen LogP contribution in [0.1, 0.15) is 25.7 Å². The summed E-state index contributed by atoms with van der Waals surface area (Å²) in [4.78, 5) is 0. The predicted molar refractivity (Wildman–Crippen MR) is 38.9 cm³/mol. The zero-order chi connectivity index (χ0) is 7.82. The molecular weight excluding hydrogens is 128 g/mol. The van der Waals surface area contributed by atoms with Gasteiger partial charge in [-0.3, -0.25) is 0 Å². The Kier molecular flexibility index (Phi) is 5.83. The molecule has 0 aliphatic rings. The van der Waals surface area contributed by atoms with E-state index in [-0.39, 0.29) is 0 Å². The maximum absolute atomic E-state index is 10.1. The van der Waals surface area contributed by atoms with E-state index in [1.165, 1.54) is 0 Å². The highest BCUT2D eigenvalue weighted by molar-refractivity contribution is 4.59. The first kappa shape index (κ1) is 9.21. The Balaban J connectivity index is 2.84. The fraction of sp³-hybridized carbons (Fsp3) is 0.625. The summed E-state index contributed by atoms with van der Waals surface area (Å²) >= 11 is 0. The molecule has 0 aromatic heterocycles. The Bertz CT molecular complexity index is 89.3. The largest absolute Gasteiger partial charge is 0.614 e. The minimum Gasteiger partial charge on any atom is -0.614 e. The summed E-state index contributed by atoms with van der Waals surface area (Å²) in [7, 11) is 0. The van der Waals surface area contributed by atoms with Gasteiger partial charge in [0.1, 0.15) is 0 Å². The molecule has 2 heteroatoms. The Morgan fingerprint density at radius 2 is 2.10 bits per heavy atom. The monoisotopic (exact) mass is 142 g/mol. The Morgan fingerprint density at radius 3 is 2.60 bits per heavy atom. The molecule has 10 heavy (non-hydrogen) atoms. The van der Waals surface area contributed by atoms with Crippen LogP contribution in [0, 0.1) is 6.92 Å². The standard InChI is InChI=1S/C8H14O2/c1-3-4-5-6-7-10-8(2)9/h1-7H2. The summed E-state index contributed by atoms with van der Waals surface area (Å²) in [5.41, 5.74) is 0. The number of unbranched alkanes of at least 4 members (excludes halogenated alkanes) is 3. The van der Waals surface area contributed by atoms with Crippen LogP contribution in [0.3, 0.4) is 0 Å². The van der Waals surface area contributed by atoms with Crippen LogP contribution in [-0.2, 0) is 4.74 Å². The molecule has 0 aliphatic heterocycles. The quantitative estimate of drug-likeness (QED) is 0.317. The smallest absolute Gasteiger partial charge is 0.0850 e. The summed E-state index contributed by atoms with van der Waals surface area (Å²) in [6.45, 7) is 7.28. The molecule has 0 saturated heterocycles. The van der Waals surface area contributed by atoms with Gasteiger partial charge in [0.05, 0.1) is 13.3 Å². The van der Waals surface area contributed by atoms with Crippen molar-refractivity contribution in [3.63, 3.8) is 0 Å². The molecule has 0 fully saturated rings. The van der Waals surface area contributed by atoms with Gasteiger partial charge < -0.3 is 9.84 Å². The van der Waals surface area contributed by atoms with E-state index >= 15 is 0 Å². The first-order chi connectivity index (χ1) is 4.77. The Morgan fingerprint density at radius 1 is 1.40 bits per heavy atom. The topological polar surface area (TPSA) is 32.3 Å². The first-order valence-electron chi connectivity index (χ1n) is 3.55. The van der Waals surface area contributed by atoms with Gasteiger partial charge in [-0.1, -0.05) is 6.58 Å². The first-order valence-corrected chi connectivity index (χ1v) is 3.55. The lowest BCUT2D eigenvalue weighted by molar-refractivity contribution is -0.356. The molecule has 58 valence electrons. The van der Waals surface area contributed by atoms with Crippen molar-refractivity contribution in [3.05, 3.63) is 19.4 Å². The van der Waals surface area contributed by atoms with E-state index in [4.69, 9.17) is 0 Å². The van der Waals surface area contributed by atoms with E-state index in [1.54, 1.807) is 0 Å². The van der Waals surface area contributed by atoms with Gasteiger partial charge >= 0.3 is 0 Å². The number of hydrogen-bond donors (Lipinski definition) is 0. The molecule has 2 nitrogen and oxygen atoms in total. The van der Waals surface area contributed by atoms with Crippen LogP contribution in [0.2, 0.25) is 0 Å². The van der Waals surface area contributed by atoms with Gasteiger partial charge in [0.25, 0.3) is 0 Å². The van der Waals surface area contributed by atoms with Crippen LogP contribution in [0.5, 0.6) is 0 Å². The lowest BCUT2D eigenvalue weighted by atomic mass is 10.2. The Labute approximate surface area is 62.5 Å². The lowest BCUT2D eigenvalue weighted by Gasteiger charge is -2.12. The molecule has 0 aromatic rings. The van der Waals surface area contributed by atoms with E-state index in [9.17, 15) is 5.11 Å². The molecule has 0 aliphatic carbocycles. The Hall–Kier alpha value is -0.790. The van der Waals surface area contributed by atoms with Gasteiger partial charge in [-0.2, -0.15) is 0 Å². The average molecular weight is 142 g/mol. The zero-order valence-electron chi connectivity index (χ0n) is 6.27.